The molecule has 0 bridgehead atoms. The maximum Gasteiger partial charge on any atom is 0.298 e. The Morgan fingerprint density at radius 2 is 0.571 bits per heavy atom. The zero-order chi connectivity index (χ0) is 59.7. The predicted molar refractivity (Wildman–Crippen MR) is 312 cm³/mol. The predicted octanol–water partition coefficient (Wildman–Crippen LogP) is 13.6. The minimum absolute atomic E-state index is 0.134. The first-order valence-electron chi connectivity index (χ1n) is 26.6. The molecular formula is C62H62O18S4. The van der Waals surface area contributed by atoms with E-state index in [4.69, 9.17) is 37.9 Å². The lowest BCUT2D eigenvalue weighted by Crippen LogP contribution is -2.08. The summed E-state index contributed by atoms with van der Waals surface area (Å²) in [6.07, 6.45) is 6.92. The summed E-state index contributed by atoms with van der Waals surface area (Å²) < 4.78 is 170. The number of ether oxygens (including phenoxy) is 8. The molecule has 0 aromatic heterocycles. The molecule has 0 fully saturated rings. The molecule has 0 saturated carbocycles. The van der Waals surface area contributed by atoms with Gasteiger partial charge in [-0.2, -0.15) is 16.8 Å². The minimum atomic E-state index is -5.10. The quantitative estimate of drug-likeness (QED) is 0.0303. The van der Waals surface area contributed by atoms with E-state index in [9.17, 15) is 42.8 Å². The third-order valence-corrected chi connectivity index (χ3v) is 18.1. The summed E-state index contributed by atoms with van der Waals surface area (Å²) in [6, 6.07) is 45.3. The van der Waals surface area contributed by atoms with E-state index in [-0.39, 0.29) is 21.3 Å². The van der Waals surface area contributed by atoms with Gasteiger partial charge < -0.3 is 37.9 Å². The van der Waals surface area contributed by atoms with Gasteiger partial charge in [-0.05, 0) is 228 Å². The maximum absolute atomic E-state index is 13.9. The number of benzene rings is 8. The van der Waals surface area contributed by atoms with Gasteiger partial charge in [0.15, 0.2) is 0 Å². The summed E-state index contributed by atoms with van der Waals surface area (Å²) in [7, 11) is -17.1. The third kappa shape index (κ3) is 17.5. The van der Waals surface area contributed by atoms with E-state index in [0.717, 1.165) is 81.4 Å². The number of rotatable bonds is 31. The van der Waals surface area contributed by atoms with Crippen molar-refractivity contribution in [2.45, 2.75) is 87.7 Å². The summed E-state index contributed by atoms with van der Waals surface area (Å²) in [6.45, 7) is 4.01. The van der Waals surface area contributed by atoms with E-state index in [0.29, 0.717) is 73.1 Å². The van der Waals surface area contributed by atoms with Crippen LogP contribution in [0.4, 0.5) is 0 Å². The molecule has 0 aliphatic rings. The molecule has 84 heavy (non-hydrogen) atoms. The second kappa shape index (κ2) is 28.4. The first kappa shape index (κ1) is 61.9. The van der Waals surface area contributed by atoms with Crippen LogP contribution in [0.5, 0.6) is 63.2 Å². The Bertz CT molecular complexity index is 3920. The van der Waals surface area contributed by atoms with E-state index >= 15 is 0 Å². The summed E-state index contributed by atoms with van der Waals surface area (Å²) in [5, 5.41) is 0. The van der Waals surface area contributed by atoms with Gasteiger partial charge in [0.25, 0.3) is 20.2 Å². The molecule has 8 aromatic carbocycles. The van der Waals surface area contributed by atoms with E-state index in [2.05, 4.69) is 0 Å². The maximum atomic E-state index is 13.9. The lowest BCUT2D eigenvalue weighted by atomic mass is 10.2. The van der Waals surface area contributed by atoms with Gasteiger partial charge in [0, 0.05) is 0 Å². The Morgan fingerprint density at radius 3 is 0.893 bits per heavy atom. The van der Waals surface area contributed by atoms with Gasteiger partial charge in [0.2, 0.25) is 19.7 Å². The van der Waals surface area contributed by atoms with Crippen LogP contribution in [0, 0.1) is 6.92 Å². The molecule has 442 valence electrons. The molecule has 0 unspecified atom stereocenters. The van der Waals surface area contributed by atoms with Gasteiger partial charge >= 0.3 is 0 Å². The van der Waals surface area contributed by atoms with Crippen molar-refractivity contribution in [3.05, 3.63) is 188 Å². The van der Waals surface area contributed by atoms with Crippen LogP contribution in [0.2, 0.25) is 0 Å². The zero-order valence-electron chi connectivity index (χ0n) is 45.9. The van der Waals surface area contributed by atoms with E-state index < -0.39 is 71.0 Å². The molecule has 0 aliphatic carbocycles. The second-order valence-corrected chi connectivity index (χ2v) is 25.8. The fraction of sp³-hybridized carbons (Fsp3) is 0.226. The fourth-order valence-corrected chi connectivity index (χ4v) is 12.3. The lowest BCUT2D eigenvalue weighted by molar-refractivity contribution is 0.287. The number of unbranched alkanes of at least 4 members (excludes halogenated alkanes) is 6. The smallest absolute Gasteiger partial charge is 0.298 e. The molecule has 0 aliphatic heterocycles. The molecular weight excluding hydrogens is 1160 g/mol. The summed E-state index contributed by atoms with van der Waals surface area (Å²) in [4.78, 5) is -2.74. The summed E-state index contributed by atoms with van der Waals surface area (Å²) in [5.41, 5.74) is 1.17. The van der Waals surface area contributed by atoms with Crippen LogP contribution in [-0.4, -0.2) is 76.3 Å². The first-order chi connectivity index (χ1) is 40.2. The van der Waals surface area contributed by atoms with Crippen LogP contribution in [0.25, 0.3) is 0 Å². The van der Waals surface area contributed by atoms with Crippen LogP contribution < -0.4 is 37.9 Å². The van der Waals surface area contributed by atoms with Crippen LogP contribution in [-0.2, 0) is 39.9 Å². The van der Waals surface area contributed by atoms with Crippen molar-refractivity contribution in [1.29, 1.82) is 0 Å². The van der Waals surface area contributed by atoms with Crippen molar-refractivity contribution in [2.75, 3.05) is 33.5 Å². The molecule has 0 spiro atoms. The Morgan fingerprint density at radius 1 is 0.310 bits per heavy atom. The summed E-state index contributed by atoms with van der Waals surface area (Å²) >= 11 is 0. The summed E-state index contributed by atoms with van der Waals surface area (Å²) in [5.74, 6) is 3.62. The van der Waals surface area contributed by atoms with Crippen molar-refractivity contribution in [1.82, 2.24) is 0 Å². The van der Waals surface area contributed by atoms with E-state index in [1.807, 2.05) is 31.2 Å². The average Bonchev–Trinajstić information content (AvgIpc) is 2.55. The highest BCUT2D eigenvalue weighted by Gasteiger charge is 2.28. The molecule has 22 heteroatoms. The highest BCUT2D eigenvalue weighted by atomic mass is 32.2. The molecule has 0 saturated heterocycles. The molecule has 0 heterocycles. The molecule has 8 rings (SSSR count). The molecule has 0 radical (unpaired) electrons. The van der Waals surface area contributed by atoms with Crippen LogP contribution >= 0.6 is 0 Å². The van der Waals surface area contributed by atoms with Crippen molar-refractivity contribution >= 4 is 39.9 Å². The highest BCUT2D eigenvalue weighted by molar-refractivity contribution is 7.92. The van der Waals surface area contributed by atoms with E-state index in [1.54, 1.807) is 72.8 Å². The minimum Gasteiger partial charge on any atom is -0.497 e. The average molecular weight is 1220 g/mol. The van der Waals surface area contributed by atoms with Crippen molar-refractivity contribution in [3.63, 3.8) is 0 Å². The van der Waals surface area contributed by atoms with Crippen molar-refractivity contribution in [2.24, 2.45) is 0 Å². The molecule has 2 N–H and O–H groups in total. The topological polar surface area (TPSA) is 251 Å². The zero-order valence-corrected chi connectivity index (χ0v) is 49.1. The Kier molecular flexibility index (Phi) is 21.0. The van der Waals surface area contributed by atoms with Crippen LogP contribution in [0.1, 0.15) is 56.9 Å². The monoisotopic (exact) mass is 1220 g/mol. The number of sulfone groups is 2. The van der Waals surface area contributed by atoms with E-state index in [1.165, 1.54) is 61.2 Å². The Hall–Kier alpha value is -8.12. The molecule has 18 nitrogen and oxygen atoms in total. The Balaban J connectivity index is 0.755. The van der Waals surface area contributed by atoms with Crippen LogP contribution in [0.3, 0.4) is 0 Å². The first-order valence-corrected chi connectivity index (χ1v) is 32.5. The number of methoxy groups -OCH3 is 1. The van der Waals surface area contributed by atoms with Gasteiger partial charge in [-0.15, -0.1) is 0 Å². The van der Waals surface area contributed by atoms with Gasteiger partial charge in [0.1, 0.15) is 73.0 Å². The second-order valence-electron chi connectivity index (χ2n) is 19.1. The molecule has 8 aromatic rings. The number of aryl methyl sites for hydroxylation is 1. The largest absolute Gasteiger partial charge is 0.497 e. The number of hydrogen-bond donors (Lipinski definition) is 2. The van der Waals surface area contributed by atoms with Gasteiger partial charge in [0.05, 0.1) is 53.1 Å². The van der Waals surface area contributed by atoms with Crippen LogP contribution in [0.15, 0.2) is 211 Å². The molecule has 0 amide bonds. The van der Waals surface area contributed by atoms with Gasteiger partial charge in [-0.25, -0.2) is 16.8 Å². The standard InChI is InChI=1S/C62H62O18S4/c1-45-11-13-47(14-12-45)74-39-7-3-4-9-41-76-49-17-23-53(24-18-49)79-59-37-35-57(43-61(59)83(67,68)69)82(65,66)58-36-38-60(62(44-58)84(70,71)72)80-54-25-19-50(20-26-54)77-42-10-6-5-8-40-75-48-15-21-51(22-16-48)78-52-29-33-56(34-30-52)81(63,64)55-31-27-46(73-2)28-32-55/h11-38,43-44H,3-10,39-42H2,1-2H3,(H,67,68,69)(H,70,71,72). The van der Waals surface area contributed by atoms with Gasteiger partial charge in [-0.1, -0.05) is 17.7 Å². The molecule has 0 atom stereocenters. The fourth-order valence-electron chi connectivity index (χ4n) is 8.31. The SMILES string of the molecule is COc1ccc(S(=O)(=O)c2ccc(Oc3ccc(OCCCCCCOc4ccc(Oc5ccc(S(=O)(=O)c6ccc(Oc7ccc(OCCCCCCOc8ccc(C)cc8)cc7)c(S(=O)(=O)O)c6)cc5S(=O)(=O)O)cc4)cc3)cc2)cc1. The highest BCUT2D eigenvalue weighted by Crippen LogP contribution is 2.37. The number of hydrogen-bond acceptors (Lipinski definition) is 16. The Labute approximate surface area is 489 Å². The lowest BCUT2D eigenvalue weighted by Gasteiger charge is -2.14. The van der Waals surface area contributed by atoms with Gasteiger partial charge in [-0.3, -0.25) is 9.11 Å². The third-order valence-electron chi connectivity index (χ3n) is 12.8. The normalized spacial score (nSPS) is 11.8. The van der Waals surface area contributed by atoms with Crippen molar-refractivity contribution in [3.8, 4) is 63.2 Å². The van der Waals surface area contributed by atoms with Crippen molar-refractivity contribution < 1.29 is 80.7 Å².